The number of amides is 1. The summed E-state index contributed by atoms with van der Waals surface area (Å²) >= 11 is 7.03. The summed E-state index contributed by atoms with van der Waals surface area (Å²) in [6.45, 7) is 5.60. The lowest BCUT2D eigenvalue weighted by atomic mass is 10.2. The first-order valence-electron chi connectivity index (χ1n) is 7.21. The predicted octanol–water partition coefficient (Wildman–Crippen LogP) is 3.32. The molecule has 0 bridgehead atoms. The van der Waals surface area contributed by atoms with Crippen LogP contribution in [-0.2, 0) is 11.3 Å². The van der Waals surface area contributed by atoms with Gasteiger partial charge in [0, 0.05) is 19.6 Å². The zero-order chi connectivity index (χ0) is 15.2. The first kappa shape index (κ1) is 16.8. The highest BCUT2D eigenvalue weighted by Gasteiger charge is 2.19. The van der Waals surface area contributed by atoms with Gasteiger partial charge in [0.15, 0.2) is 6.61 Å². The van der Waals surface area contributed by atoms with E-state index >= 15 is 0 Å². The van der Waals surface area contributed by atoms with Gasteiger partial charge in [-0.2, -0.15) is 0 Å². The van der Waals surface area contributed by atoms with Crippen molar-refractivity contribution in [1.82, 2.24) is 10.2 Å². The molecule has 1 amide bonds. The van der Waals surface area contributed by atoms with Gasteiger partial charge in [-0.25, -0.2) is 0 Å². The Balaban J connectivity index is 1.97. The molecule has 1 heterocycles. The maximum absolute atomic E-state index is 12.0. The summed E-state index contributed by atoms with van der Waals surface area (Å²) in [6, 6.07) is 4.03. The highest BCUT2D eigenvalue weighted by atomic mass is 79.9. The Morgan fingerprint density at radius 1 is 1.29 bits per heavy atom. The molecule has 1 fully saturated rings. The summed E-state index contributed by atoms with van der Waals surface area (Å²) in [7, 11) is 0. The number of ether oxygens (including phenoxy) is 1. The molecule has 1 aromatic carbocycles. The lowest BCUT2D eigenvalue weighted by Crippen LogP contribution is -2.32. The van der Waals surface area contributed by atoms with Crippen LogP contribution in [0.15, 0.2) is 21.1 Å². The summed E-state index contributed by atoms with van der Waals surface area (Å²) in [6.07, 6.45) is 2.19. The number of carbonyl (C=O) groups is 1. The fourth-order valence-corrected chi connectivity index (χ4v) is 3.82. The zero-order valence-electron chi connectivity index (χ0n) is 12.1. The molecule has 0 aliphatic carbocycles. The standard InChI is InChI=1S/C15H20Br2N2O2/c1-2-18-9-11-7-12(16)15(13(17)8-11)21-10-14(20)19-5-3-4-6-19/h7-8,18H,2-6,9-10H2,1H3. The molecule has 2 rings (SSSR count). The predicted molar refractivity (Wildman–Crippen MR) is 90.5 cm³/mol. The van der Waals surface area contributed by atoms with Crippen LogP contribution >= 0.6 is 31.9 Å². The monoisotopic (exact) mass is 418 g/mol. The molecule has 0 aromatic heterocycles. The van der Waals surface area contributed by atoms with Crippen molar-refractivity contribution in [2.45, 2.75) is 26.3 Å². The van der Waals surface area contributed by atoms with Crippen LogP contribution in [-0.4, -0.2) is 37.0 Å². The highest BCUT2D eigenvalue weighted by Crippen LogP contribution is 2.34. The van der Waals surface area contributed by atoms with Gasteiger partial charge in [-0.1, -0.05) is 6.92 Å². The first-order chi connectivity index (χ1) is 10.1. The van der Waals surface area contributed by atoms with Crippen LogP contribution in [0.3, 0.4) is 0 Å². The number of nitrogens with one attached hydrogen (secondary N) is 1. The van der Waals surface area contributed by atoms with Crippen molar-refractivity contribution >= 4 is 37.8 Å². The number of halogens is 2. The number of benzene rings is 1. The van der Waals surface area contributed by atoms with Gasteiger partial charge < -0.3 is 15.0 Å². The molecule has 0 saturated carbocycles. The van der Waals surface area contributed by atoms with Gasteiger partial charge in [-0.15, -0.1) is 0 Å². The number of likely N-dealkylation sites (tertiary alicyclic amines) is 1. The topological polar surface area (TPSA) is 41.6 Å². The molecule has 1 saturated heterocycles. The summed E-state index contributed by atoms with van der Waals surface area (Å²) in [5, 5.41) is 3.28. The number of rotatable bonds is 6. The van der Waals surface area contributed by atoms with Gasteiger partial charge in [0.2, 0.25) is 0 Å². The Morgan fingerprint density at radius 2 is 1.90 bits per heavy atom. The molecule has 1 aromatic rings. The molecule has 1 N–H and O–H groups in total. The molecule has 0 radical (unpaired) electrons. The van der Waals surface area contributed by atoms with Crippen LogP contribution < -0.4 is 10.1 Å². The average molecular weight is 420 g/mol. The van der Waals surface area contributed by atoms with Crippen molar-refractivity contribution in [2.75, 3.05) is 26.2 Å². The summed E-state index contributed by atoms with van der Waals surface area (Å²) in [5.41, 5.74) is 1.16. The van der Waals surface area contributed by atoms with Crippen molar-refractivity contribution < 1.29 is 9.53 Å². The Hall–Kier alpha value is -0.590. The smallest absolute Gasteiger partial charge is 0.260 e. The molecule has 1 aliphatic heterocycles. The zero-order valence-corrected chi connectivity index (χ0v) is 15.3. The summed E-state index contributed by atoms with van der Waals surface area (Å²) in [4.78, 5) is 13.9. The van der Waals surface area contributed by atoms with Crippen LogP contribution in [0.25, 0.3) is 0 Å². The van der Waals surface area contributed by atoms with Crippen molar-refractivity contribution in [3.63, 3.8) is 0 Å². The number of hydrogen-bond acceptors (Lipinski definition) is 3. The van der Waals surface area contributed by atoms with E-state index in [0.717, 1.165) is 53.5 Å². The summed E-state index contributed by atoms with van der Waals surface area (Å²) < 4.78 is 7.42. The normalized spacial score (nSPS) is 14.5. The minimum atomic E-state index is 0.0584. The summed E-state index contributed by atoms with van der Waals surface area (Å²) in [5.74, 6) is 0.742. The van der Waals surface area contributed by atoms with Gasteiger partial charge in [0.25, 0.3) is 5.91 Å². The van der Waals surface area contributed by atoms with E-state index in [1.165, 1.54) is 0 Å². The van der Waals surface area contributed by atoms with Crippen molar-refractivity contribution in [3.8, 4) is 5.75 Å². The maximum atomic E-state index is 12.0. The number of hydrogen-bond donors (Lipinski definition) is 1. The minimum absolute atomic E-state index is 0.0584. The Morgan fingerprint density at radius 3 is 2.48 bits per heavy atom. The van der Waals surface area contributed by atoms with Crippen LogP contribution in [0, 0.1) is 0 Å². The Bertz CT molecular complexity index is 479. The maximum Gasteiger partial charge on any atom is 0.260 e. The quantitative estimate of drug-likeness (QED) is 0.768. The minimum Gasteiger partial charge on any atom is -0.481 e. The van der Waals surface area contributed by atoms with E-state index in [9.17, 15) is 4.79 Å². The van der Waals surface area contributed by atoms with E-state index in [0.29, 0.717) is 5.75 Å². The average Bonchev–Trinajstić information content (AvgIpc) is 2.98. The highest BCUT2D eigenvalue weighted by molar-refractivity contribution is 9.11. The van der Waals surface area contributed by atoms with Crippen molar-refractivity contribution in [3.05, 3.63) is 26.6 Å². The molecule has 1 aliphatic rings. The van der Waals surface area contributed by atoms with E-state index in [1.807, 2.05) is 17.0 Å². The van der Waals surface area contributed by atoms with Gasteiger partial charge in [-0.05, 0) is 68.9 Å². The van der Waals surface area contributed by atoms with E-state index in [2.05, 4.69) is 44.1 Å². The first-order valence-corrected chi connectivity index (χ1v) is 8.79. The van der Waals surface area contributed by atoms with Crippen molar-refractivity contribution in [2.24, 2.45) is 0 Å². The third-order valence-electron chi connectivity index (χ3n) is 3.44. The molecule has 4 nitrogen and oxygen atoms in total. The van der Waals surface area contributed by atoms with E-state index in [-0.39, 0.29) is 12.5 Å². The second kappa shape index (κ2) is 8.15. The largest absolute Gasteiger partial charge is 0.481 e. The molecule has 21 heavy (non-hydrogen) atoms. The third kappa shape index (κ3) is 4.69. The molecular weight excluding hydrogens is 400 g/mol. The lowest BCUT2D eigenvalue weighted by Gasteiger charge is -2.17. The Kier molecular flexibility index (Phi) is 6.51. The molecular formula is C15H20Br2N2O2. The van der Waals surface area contributed by atoms with Crippen molar-refractivity contribution in [1.29, 1.82) is 0 Å². The van der Waals surface area contributed by atoms with Gasteiger partial charge >= 0.3 is 0 Å². The van der Waals surface area contributed by atoms with Gasteiger partial charge in [0.1, 0.15) is 5.75 Å². The fourth-order valence-electron chi connectivity index (χ4n) is 2.31. The second-order valence-electron chi connectivity index (χ2n) is 5.05. The third-order valence-corrected chi connectivity index (χ3v) is 4.61. The van der Waals surface area contributed by atoms with Crippen LogP contribution in [0.2, 0.25) is 0 Å². The van der Waals surface area contributed by atoms with Gasteiger partial charge in [0.05, 0.1) is 8.95 Å². The SMILES string of the molecule is CCNCc1cc(Br)c(OCC(=O)N2CCCC2)c(Br)c1. The molecule has 0 atom stereocenters. The van der Waals surface area contributed by atoms with Crippen LogP contribution in [0.4, 0.5) is 0 Å². The van der Waals surface area contributed by atoms with E-state index in [1.54, 1.807) is 0 Å². The van der Waals surface area contributed by atoms with Crippen LogP contribution in [0.5, 0.6) is 5.75 Å². The second-order valence-corrected chi connectivity index (χ2v) is 6.75. The Labute approximate surface area is 142 Å². The van der Waals surface area contributed by atoms with E-state index in [4.69, 9.17) is 4.74 Å². The molecule has 0 unspecified atom stereocenters. The molecule has 6 heteroatoms. The van der Waals surface area contributed by atoms with Gasteiger partial charge in [-0.3, -0.25) is 4.79 Å². The number of nitrogens with zero attached hydrogens (tertiary/aromatic N) is 1. The van der Waals surface area contributed by atoms with E-state index < -0.39 is 0 Å². The molecule has 116 valence electrons. The fraction of sp³-hybridized carbons (Fsp3) is 0.533. The number of carbonyl (C=O) groups excluding carboxylic acids is 1. The lowest BCUT2D eigenvalue weighted by molar-refractivity contribution is -0.132. The van der Waals surface area contributed by atoms with Crippen LogP contribution in [0.1, 0.15) is 25.3 Å². The molecule has 0 spiro atoms.